The fourth-order valence-corrected chi connectivity index (χ4v) is 1.58. The van der Waals surface area contributed by atoms with E-state index in [0.717, 1.165) is 5.56 Å². The van der Waals surface area contributed by atoms with Crippen LogP contribution in [-0.4, -0.2) is 17.2 Å². The van der Waals surface area contributed by atoms with Crippen molar-refractivity contribution < 1.29 is 14.6 Å². The Morgan fingerprint density at radius 1 is 1.24 bits per heavy atom. The average molecular weight is 236 g/mol. The van der Waals surface area contributed by atoms with E-state index in [1.807, 2.05) is 44.2 Å². The maximum Gasteiger partial charge on any atom is 0.311 e. The lowest BCUT2D eigenvalue weighted by Crippen LogP contribution is -2.31. The highest BCUT2D eigenvalue weighted by Crippen LogP contribution is 2.14. The van der Waals surface area contributed by atoms with Gasteiger partial charge in [0.15, 0.2) is 0 Å². The molecule has 3 heteroatoms. The van der Waals surface area contributed by atoms with Crippen LogP contribution in [0.15, 0.2) is 30.3 Å². The molecular weight excluding hydrogens is 216 g/mol. The Kier molecular flexibility index (Phi) is 5.16. The second-order valence-electron chi connectivity index (χ2n) is 4.62. The number of hydrogen-bond donors (Lipinski definition) is 1. The number of aliphatic hydroxyl groups is 1. The van der Waals surface area contributed by atoms with Gasteiger partial charge < -0.3 is 9.84 Å². The zero-order valence-electron chi connectivity index (χ0n) is 10.6. The molecule has 0 bridgehead atoms. The third-order valence-electron chi connectivity index (χ3n) is 2.79. The summed E-state index contributed by atoms with van der Waals surface area (Å²) in [6.07, 6.45) is -0.654. The van der Waals surface area contributed by atoms with Crippen molar-refractivity contribution in [3.8, 4) is 0 Å². The topological polar surface area (TPSA) is 46.5 Å². The van der Waals surface area contributed by atoms with Gasteiger partial charge in [-0.2, -0.15) is 0 Å². The lowest BCUT2D eigenvalue weighted by atomic mass is 9.95. The summed E-state index contributed by atoms with van der Waals surface area (Å²) in [6, 6.07) is 9.51. The van der Waals surface area contributed by atoms with Crippen LogP contribution in [0.2, 0.25) is 0 Å². The standard InChI is InChI=1S/C14H20O3/c1-10(2)13(15)11(3)14(16)17-9-12-7-5-4-6-8-12/h4-8,10-11,13,15H,9H2,1-3H3/t11-,13-/m1/s1. The van der Waals surface area contributed by atoms with Crippen LogP contribution in [-0.2, 0) is 16.1 Å². The quantitative estimate of drug-likeness (QED) is 0.798. The first-order valence-electron chi connectivity index (χ1n) is 5.91. The summed E-state index contributed by atoms with van der Waals surface area (Å²) in [5, 5.41) is 9.76. The maximum atomic E-state index is 11.7. The number of rotatable bonds is 5. The molecular formula is C14H20O3. The molecule has 2 atom stereocenters. The summed E-state index contributed by atoms with van der Waals surface area (Å²) in [7, 11) is 0. The third kappa shape index (κ3) is 4.19. The first kappa shape index (κ1) is 13.7. The summed E-state index contributed by atoms with van der Waals surface area (Å²) in [6.45, 7) is 5.71. The number of esters is 1. The first-order chi connectivity index (χ1) is 8.02. The van der Waals surface area contributed by atoms with Gasteiger partial charge in [0.1, 0.15) is 6.61 Å². The van der Waals surface area contributed by atoms with Crippen LogP contribution in [0.25, 0.3) is 0 Å². The highest BCUT2D eigenvalue weighted by atomic mass is 16.5. The molecule has 0 aliphatic carbocycles. The largest absolute Gasteiger partial charge is 0.461 e. The van der Waals surface area contributed by atoms with E-state index < -0.39 is 12.0 Å². The lowest BCUT2D eigenvalue weighted by Gasteiger charge is -2.20. The molecule has 0 fully saturated rings. The maximum absolute atomic E-state index is 11.7. The number of carbonyl (C=O) groups is 1. The highest BCUT2D eigenvalue weighted by molar-refractivity contribution is 5.72. The molecule has 0 heterocycles. The summed E-state index contributed by atoms with van der Waals surface area (Å²) < 4.78 is 5.16. The van der Waals surface area contributed by atoms with Gasteiger partial charge in [-0.25, -0.2) is 0 Å². The van der Waals surface area contributed by atoms with Crippen LogP contribution >= 0.6 is 0 Å². The average Bonchev–Trinajstić information content (AvgIpc) is 2.35. The van der Waals surface area contributed by atoms with Crippen molar-refractivity contribution in [1.29, 1.82) is 0 Å². The van der Waals surface area contributed by atoms with Gasteiger partial charge in [0.2, 0.25) is 0 Å². The van der Waals surface area contributed by atoms with Crippen molar-refractivity contribution in [3.63, 3.8) is 0 Å². The molecule has 0 aliphatic rings. The Morgan fingerprint density at radius 3 is 2.35 bits per heavy atom. The highest BCUT2D eigenvalue weighted by Gasteiger charge is 2.25. The molecule has 0 spiro atoms. The zero-order valence-corrected chi connectivity index (χ0v) is 10.6. The van der Waals surface area contributed by atoms with Crippen LogP contribution < -0.4 is 0 Å². The molecule has 0 aliphatic heterocycles. The summed E-state index contributed by atoms with van der Waals surface area (Å²) in [4.78, 5) is 11.7. The fourth-order valence-electron chi connectivity index (χ4n) is 1.58. The first-order valence-corrected chi connectivity index (χ1v) is 5.91. The lowest BCUT2D eigenvalue weighted by molar-refractivity contribution is -0.154. The minimum Gasteiger partial charge on any atom is -0.461 e. The van der Waals surface area contributed by atoms with Gasteiger partial charge in [-0.05, 0) is 18.4 Å². The van der Waals surface area contributed by atoms with Crippen molar-refractivity contribution in [2.75, 3.05) is 0 Å². The predicted molar refractivity (Wildman–Crippen MR) is 66.2 cm³/mol. The summed E-state index contributed by atoms with van der Waals surface area (Å²) in [5.41, 5.74) is 0.951. The van der Waals surface area contributed by atoms with E-state index in [0.29, 0.717) is 0 Å². The molecule has 0 aromatic heterocycles. The summed E-state index contributed by atoms with van der Waals surface area (Å²) >= 11 is 0. The Bertz CT molecular complexity index is 346. The van der Waals surface area contributed by atoms with Crippen molar-refractivity contribution in [2.24, 2.45) is 11.8 Å². The SMILES string of the molecule is CC(C)[C@@H](O)[C@@H](C)C(=O)OCc1ccccc1. The Hall–Kier alpha value is -1.35. The second kappa shape index (κ2) is 6.40. The fraction of sp³-hybridized carbons (Fsp3) is 0.500. The zero-order chi connectivity index (χ0) is 12.8. The van der Waals surface area contributed by atoms with Crippen LogP contribution in [0.5, 0.6) is 0 Å². The van der Waals surface area contributed by atoms with Crippen LogP contribution in [0, 0.1) is 11.8 Å². The molecule has 1 aromatic rings. The monoisotopic (exact) mass is 236 g/mol. The number of aliphatic hydroxyl groups excluding tert-OH is 1. The van der Waals surface area contributed by atoms with Gasteiger partial charge in [-0.1, -0.05) is 44.2 Å². The smallest absolute Gasteiger partial charge is 0.311 e. The van der Waals surface area contributed by atoms with E-state index in [9.17, 15) is 9.90 Å². The van der Waals surface area contributed by atoms with Gasteiger partial charge in [0.25, 0.3) is 0 Å². The van der Waals surface area contributed by atoms with E-state index >= 15 is 0 Å². The van der Waals surface area contributed by atoms with Gasteiger partial charge in [-0.3, -0.25) is 4.79 Å². The number of benzene rings is 1. The molecule has 0 radical (unpaired) electrons. The number of hydrogen-bond acceptors (Lipinski definition) is 3. The molecule has 0 saturated carbocycles. The predicted octanol–water partition coefficient (Wildman–Crippen LogP) is 2.38. The Morgan fingerprint density at radius 2 is 1.82 bits per heavy atom. The molecule has 0 unspecified atom stereocenters. The normalized spacial score (nSPS) is 14.4. The third-order valence-corrected chi connectivity index (χ3v) is 2.79. The number of ether oxygens (including phenoxy) is 1. The minimum absolute atomic E-state index is 0.0503. The van der Waals surface area contributed by atoms with Crippen molar-refractivity contribution in [1.82, 2.24) is 0 Å². The van der Waals surface area contributed by atoms with Crippen molar-refractivity contribution in [3.05, 3.63) is 35.9 Å². The van der Waals surface area contributed by atoms with Gasteiger partial charge in [0.05, 0.1) is 12.0 Å². The van der Waals surface area contributed by atoms with Crippen LogP contribution in [0.3, 0.4) is 0 Å². The Balaban J connectivity index is 2.45. The van der Waals surface area contributed by atoms with Crippen LogP contribution in [0.4, 0.5) is 0 Å². The molecule has 1 aromatic carbocycles. The minimum atomic E-state index is -0.654. The number of carbonyl (C=O) groups excluding carboxylic acids is 1. The van der Waals surface area contributed by atoms with Crippen molar-refractivity contribution >= 4 is 5.97 Å². The van der Waals surface area contributed by atoms with E-state index in [1.54, 1.807) is 6.92 Å². The molecule has 3 nitrogen and oxygen atoms in total. The molecule has 1 rings (SSSR count). The second-order valence-corrected chi connectivity index (χ2v) is 4.62. The van der Waals surface area contributed by atoms with E-state index in [2.05, 4.69) is 0 Å². The Labute approximate surface area is 102 Å². The molecule has 17 heavy (non-hydrogen) atoms. The van der Waals surface area contributed by atoms with E-state index in [1.165, 1.54) is 0 Å². The van der Waals surface area contributed by atoms with Gasteiger partial charge in [-0.15, -0.1) is 0 Å². The molecule has 94 valence electrons. The van der Waals surface area contributed by atoms with E-state index in [-0.39, 0.29) is 18.5 Å². The molecule has 0 saturated heterocycles. The van der Waals surface area contributed by atoms with Crippen LogP contribution in [0.1, 0.15) is 26.3 Å². The van der Waals surface area contributed by atoms with Crippen molar-refractivity contribution in [2.45, 2.75) is 33.5 Å². The van der Waals surface area contributed by atoms with Gasteiger partial charge in [0, 0.05) is 0 Å². The van der Waals surface area contributed by atoms with E-state index in [4.69, 9.17) is 4.74 Å². The molecule has 0 amide bonds. The van der Waals surface area contributed by atoms with Gasteiger partial charge >= 0.3 is 5.97 Å². The molecule has 1 N–H and O–H groups in total. The summed E-state index contributed by atoms with van der Waals surface area (Å²) in [5.74, 6) is -0.789.